The zero-order chi connectivity index (χ0) is 29.2. The number of carboxylic acid groups (broad SMARTS) is 1. The van der Waals surface area contributed by atoms with Crippen molar-refractivity contribution in [3.8, 4) is 0 Å². The molecule has 0 aliphatic carbocycles. The Bertz CT molecular complexity index is 1310. The van der Waals surface area contributed by atoms with Crippen LogP contribution in [0.1, 0.15) is 31.4 Å². The fourth-order valence-corrected chi connectivity index (χ4v) is 4.67. The zero-order valence-electron chi connectivity index (χ0n) is 22.6. The third-order valence-electron chi connectivity index (χ3n) is 6.51. The first kappa shape index (κ1) is 30.7. The Hall–Kier alpha value is -3.83. The third kappa shape index (κ3) is 8.59. The number of carbonyl (C=O) groups is 4. The van der Waals surface area contributed by atoms with E-state index < -0.39 is 47.9 Å². The minimum Gasteiger partial charge on any atom is -0.480 e. The molecule has 0 saturated carbocycles. The highest BCUT2D eigenvalue weighted by molar-refractivity contribution is 7.80. The Morgan fingerprint density at radius 1 is 0.850 bits per heavy atom. The van der Waals surface area contributed by atoms with Gasteiger partial charge in [-0.05, 0) is 29.5 Å². The van der Waals surface area contributed by atoms with Crippen molar-refractivity contribution < 1.29 is 24.3 Å². The van der Waals surface area contributed by atoms with Gasteiger partial charge in [-0.1, -0.05) is 62.4 Å². The summed E-state index contributed by atoms with van der Waals surface area (Å²) in [5.41, 5.74) is 8.42. The van der Waals surface area contributed by atoms with E-state index in [0.717, 1.165) is 22.0 Å². The van der Waals surface area contributed by atoms with Gasteiger partial charge in [0.15, 0.2) is 0 Å². The molecule has 0 aliphatic rings. The zero-order valence-corrected chi connectivity index (χ0v) is 23.5. The largest absolute Gasteiger partial charge is 0.480 e. The van der Waals surface area contributed by atoms with Gasteiger partial charge in [-0.2, -0.15) is 12.6 Å². The van der Waals surface area contributed by atoms with Crippen LogP contribution in [0.4, 0.5) is 0 Å². The van der Waals surface area contributed by atoms with E-state index in [1.165, 1.54) is 0 Å². The topological polar surface area (TPSA) is 166 Å². The molecule has 0 bridgehead atoms. The van der Waals surface area contributed by atoms with E-state index in [4.69, 9.17) is 5.73 Å². The lowest BCUT2D eigenvalue weighted by atomic mass is 10.0. The molecule has 4 atom stereocenters. The van der Waals surface area contributed by atoms with Gasteiger partial charge in [-0.3, -0.25) is 14.4 Å². The van der Waals surface area contributed by atoms with Gasteiger partial charge in [-0.25, -0.2) is 4.79 Å². The van der Waals surface area contributed by atoms with Gasteiger partial charge in [-0.15, -0.1) is 0 Å². The number of benzene rings is 2. The molecule has 1 aromatic heterocycles. The molecule has 10 nitrogen and oxygen atoms in total. The molecule has 1 heterocycles. The molecule has 0 radical (unpaired) electrons. The van der Waals surface area contributed by atoms with E-state index in [1.807, 2.05) is 68.4 Å². The number of para-hydroxylation sites is 1. The Kier molecular flexibility index (Phi) is 11.2. The first-order valence-electron chi connectivity index (χ1n) is 13.2. The standard InChI is InChI=1S/C29H37N5O5S/c1-17(2)12-21(30)26(35)32-23(13-18-8-4-3-5-9-18)27(36)34-25(16-40)28(37)33-24(29(38)39)14-19-15-31-22-11-7-6-10-20(19)22/h3-11,15,17,21,23-25,31,40H,12-14,16,30H2,1-2H3,(H,32,35)(H,33,37)(H,34,36)(H,38,39). The number of carbonyl (C=O) groups excluding carboxylic acids is 3. The van der Waals surface area contributed by atoms with Crippen LogP contribution in [0.3, 0.4) is 0 Å². The van der Waals surface area contributed by atoms with Gasteiger partial charge in [0.25, 0.3) is 0 Å². The molecular formula is C29H37N5O5S. The first-order valence-corrected chi connectivity index (χ1v) is 13.8. The summed E-state index contributed by atoms with van der Waals surface area (Å²) in [6.45, 7) is 3.89. The van der Waals surface area contributed by atoms with Crippen LogP contribution in [-0.2, 0) is 32.0 Å². The molecule has 3 rings (SSSR count). The second-order valence-corrected chi connectivity index (χ2v) is 10.6. The Labute approximate surface area is 238 Å². The number of hydrogen-bond acceptors (Lipinski definition) is 6. The van der Waals surface area contributed by atoms with Crippen LogP contribution < -0.4 is 21.7 Å². The number of aromatic amines is 1. The fourth-order valence-electron chi connectivity index (χ4n) is 4.41. The molecule has 214 valence electrons. The van der Waals surface area contributed by atoms with E-state index in [0.29, 0.717) is 6.42 Å². The number of nitrogens with one attached hydrogen (secondary N) is 4. The summed E-state index contributed by atoms with van der Waals surface area (Å²) in [6.07, 6.45) is 2.37. The number of amides is 3. The highest BCUT2D eigenvalue weighted by Crippen LogP contribution is 2.19. The van der Waals surface area contributed by atoms with Crippen LogP contribution >= 0.6 is 12.6 Å². The number of hydrogen-bond donors (Lipinski definition) is 7. The second-order valence-electron chi connectivity index (χ2n) is 10.2. The summed E-state index contributed by atoms with van der Waals surface area (Å²) in [4.78, 5) is 54.3. The summed E-state index contributed by atoms with van der Waals surface area (Å²) in [5.74, 6) is -2.89. The van der Waals surface area contributed by atoms with E-state index in [1.54, 1.807) is 6.20 Å². The molecule has 7 N–H and O–H groups in total. The Balaban J connectivity index is 1.71. The number of thiol groups is 1. The summed E-state index contributed by atoms with van der Waals surface area (Å²) >= 11 is 4.21. The molecule has 0 fully saturated rings. The average molecular weight is 568 g/mol. The van der Waals surface area contributed by atoms with Crippen LogP contribution in [0.15, 0.2) is 60.8 Å². The van der Waals surface area contributed by atoms with Crippen molar-refractivity contribution >= 4 is 47.2 Å². The van der Waals surface area contributed by atoms with E-state index in [2.05, 4.69) is 33.6 Å². The average Bonchev–Trinajstić information content (AvgIpc) is 3.33. The van der Waals surface area contributed by atoms with Crippen molar-refractivity contribution in [2.45, 2.75) is 57.3 Å². The summed E-state index contributed by atoms with van der Waals surface area (Å²) in [7, 11) is 0. The number of aliphatic carboxylic acids is 1. The van der Waals surface area contributed by atoms with E-state index in [9.17, 15) is 24.3 Å². The van der Waals surface area contributed by atoms with Crippen LogP contribution in [0, 0.1) is 5.92 Å². The molecule has 0 saturated heterocycles. The minimum atomic E-state index is -1.24. The number of rotatable bonds is 14. The predicted molar refractivity (Wildman–Crippen MR) is 157 cm³/mol. The monoisotopic (exact) mass is 567 g/mol. The summed E-state index contributed by atoms with van der Waals surface area (Å²) < 4.78 is 0. The predicted octanol–water partition coefficient (Wildman–Crippen LogP) is 1.80. The van der Waals surface area contributed by atoms with Crippen molar-refractivity contribution in [2.75, 3.05) is 5.75 Å². The van der Waals surface area contributed by atoms with Crippen molar-refractivity contribution in [1.29, 1.82) is 0 Å². The van der Waals surface area contributed by atoms with Gasteiger partial charge in [0.2, 0.25) is 17.7 Å². The van der Waals surface area contributed by atoms with Gasteiger partial charge in [0, 0.05) is 35.7 Å². The molecule has 40 heavy (non-hydrogen) atoms. The minimum absolute atomic E-state index is 0.0404. The van der Waals surface area contributed by atoms with Crippen molar-refractivity contribution in [3.05, 3.63) is 71.9 Å². The van der Waals surface area contributed by atoms with Gasteiger partial charge in [0.1, 0.15) is 18.1 Å². The van der Waals surface area contributed by atoms with Crippen LogP contribution in [0.25, 0.3) is 10.9 Å². The van der Waals surface area contributed by atoms with Crippen molar-refractivity contribution in [1.82, 2.24) is 20.9 Å². The second kappa shape index (κ2) is 14.5. The summed E-state index contributed by atoms with van der Waals surface area (Å²) in [6, 6.07) is 12.4. The molecule has 2 aromatic carbocycles. The first-order chi connectivity index (χ1) is 19.1. The van der Waals surface area contributed by atoms with Crippen molar-refractivity contribution in [3.63, 3.8) is 0 Å². The maximum absolute atomic E-state index is 13.3. The Morgan fingerprint density at radius 2 is 1.45 bits per heavy atom. The number of fused-ring (bicyclic) bond motifs is 1. The lowest BCUT2D eigenvalue weighted by Crippen LogP contribution is -2.58. The lowest BCUT2D eigenvalue weighted by molar-refractivity contribution is -0.142. The number of H-pyrrole nitrogens is 1. The van der Waals surface area contributed by atoms with Gasteiger partial charge in [0.05, 0.1) is 6.04 Å². The van der Waals surface area contributed by atoms with Gasteiger partial charge < -0.3 is 31.8 Å². The third-order valence-corrected chi connectivity index (χ3v) is 6.87. The molecule has 4 unspecified atom stereocenters. The highest BCUT2D eigenvalue weighted by Gasteiger charge is 2.30. The van der Waals surface area contributed by atoms with Crippen LogP contribution in [-0.4, -0.2) is 63.7 Å². The van der Waals surface area contributed by atoms with E-state index in [-0.39, 0.29) is 24.5 Å². The smallest absolute Gasteiger partial charge is 0.326 e. The van der Waals surface area contributed by atoms with Crippen LogP contribution in [0.2, 0.25) is 0 Å². The molecule has 11 heteroatoms. The Morgan fingerprint density at radius 3 is 2.10 bits per heavy atom. The fraction of sp³-hybridized carbons (Fsp3) is 0.379. The number of carboxylic acids is 1. The molecule has 3 aromatic rings. The normalized spacial score (nSPS) is 14.2. The van der Waals surface area contributed by atoms with Crippen molar-refractivity contribution in [2.24, 2.45) is 11.7 Å². The maximum atomic E-state index is 13.3. The van der Waals surface area contributed by atoms with Gasteiger partial charge >= 0.3 is 5.97 Å². The molecule has 0 spiro atoms. The SMILES string of the molecule is CC(C)CC(N)C(=O)NC(Cc1ccccc1)C(=O)NC(CS)C(=O)NC(Cc1c[nH]c2ccccc12)C(=O)O. The summed E-state index contributed by atoms with van der Waals surface area (Å²) in [5, 5.41) is 18.5. The number of nitrogens with two attached hydrogens (primary N) is 1. The highest BCUT2D eigenvalue weighted by atomic mass is 32.1. The lowest BCUT2D eigenvalue weighted by Gasteiger charge is -2.25. The molecule has 3 amide bonds. The van der Waals surface area contributed by atoms with E-state index >= 15 is 0 Å². The quantitative estimate of drug-likeness (QED) is 0.147. The molecule has 0 aliphatic heterocycles. The van der Waals surface area contributed by atoms with Crippen LogP contribution in [0.5, 0.6) is 0 Å². The molecular weight excluding hydrogens is 530 g/mol. The number of aromatic nitrogens is 1. The maximum Gasteiger partial charge on any atom is 0.326 e.